The minimum atomic E-state index is -4.88. The predicted molar refractivity (Wildman–Crippen MR) is 38.1 cm³/mol. The molecule has 0 heterocycles. The van der Waals surface area contributed by atoms with E-state index in [9.17, 15) is 22.0 Å². The number of rotatable bonds is 1. The Morgan fingerprint density at radius 2 is 1.71 bits per heavy atom. The lowest BCUT2D eigenvalue weighted by atomic mass is 10.1. The van der Waals surface area contributed by atoms with E-state index in [4.69, 9.17) is 5.11 Å². The normalized spacial score (nSPS) is 12.1. The summed E-state index contributed by atoms with van der Waals surface area (Å²) in [4.78, 5) is 0. The lowest BCUT2D eigenvalue weighted by Gasteiger charge is -2.12. The van der Waals surface area contributed by atoms with Crippen LogP contribution in [-0.2, 0) is 6.18 Å². The third-order valence-electron chi connectivity index (χ3n) is 1.58. The standard InChI is InChI=1S/C8H5F5O/c9-7(10)5-2-1-4(14)3-6(5)8(11,12)13/h1-3,7,14H. The van der Waals surface area contributed by atoms with Crippen LogP contribution in [-0.4, -0.2) is 5.11 Å². The molecule has 0 radical (unpaired) electrons. The van der Waals surface area contributed by atoms with Gasteiger partial charge in [0.15, 0.2) is 0 Å². The summed E-state index contributed by atoms with van der Waals surface area (Å²) in [6, 6.07) is 1.63. The second kappa shape index (κ2) is 3.43. The third-order valence-corrected chi connectivity index (χ3v) is 1.58. The molecule has 0 spiro atoms. The van der Waals surface area contributed by atoms with Crippen molar-refractivity contribution in [2.45, 2.75) is 12.6 Å². The van der Waals surface area contributed by atoms with Gasteiger partial charge in [-0.3, -0.25) is 0 Å². The highest BCUT2D eigenvalue weighted by atomic mass is 19.4. The Labute approximate surface area is 75.8 Å². The zero-order valence-corrected chi connectivity index (χ0v) is 6.65. The molecular weight excluding hydrogens is 207 g/mol. The summed E-state index contributed by atoms with van der Waals surface area (Å²) >= 11 is 0. The van der Waals surface area contributed by atoms with Crippen LogP contribution in [0.1, 0.15) is 17.6 Å². The van der Waals surface area contributed by atoms with Crippen molar-refractivity contribution in [2.75, 3.05) is 0 Å². The Balaban J connectivity index is 3.30. The van der Waals surface area contributed by atoms with Crippen molar-refractivity contribution in [1.82, 2.24) is 0 Å². The van der Waals surface area contributed by atoms with E-state index in [0.717, 1.165) is 6.07 Å². The maximum atomic E-state index is 12.1. The summed E-state index contributed by atoms with van der Waals surface area (Å²) in [6.07, 6.45) is -8.10. The Hall–Kier alpha value is -1.33. The SMILES string of the molecule is Oc1ccc(C(F)F)c(C(F)(F)F)c1. The van der Waals surface area contributed by atoms with Crippen LogP contribution in [0.4, 0.5) is 22.0 Å². The molecule has 1 aromatic carbocycles. The highest BCUT2D eigenvalue weighted by Crippen LogP contribution is 2.37. The molecule has 0 fully saturated rings. The van der Waals surface area contributed by atoms with E-state index < -0.39 is 29.5 Å². The number of phenolic OH excluding ortho intramolecular Hbond substituents is 1. The van der Waals surface area contributed by atoms with Crippen molar-refractivity contribution in [2.24, 2.45) is 0 Å². The first-order valence-corrected chi connectivity index (χ1v) is 3.50. The fourth-order valence-corrected chi connectivity index (χ4v) is 0.980. The number of alkyl halides is 5. The van der Waals surface area contributed by atoms with Crippen LogP contribution in [0.5, 0.6) is 5.75 Å². The number of aromatic hydroxyl groups is 1. The number of hydrogen-bond donors (Lipinski definition) is 1. The van der Waals surface area contributed by atoms with Crippen LogP contribution >= 0.6 is 0 Å². The Morgan fingerprint density at radius 1 is 1.14 bits per heavy atom. The number of benzene rings is 1. The molecule has 0 saturated carbocycles. The maximum absolute atomic E-state index is 12.1. The largest absolute Gasteiger partial charge is 0.508 e. The molecule has 6 heteroatoms. The first kappa shape index (κ1) is 10.7. The van der Waals surface area contributed by atoms with E-state index in [1.165, 1.54) is 0 Å². The van der Waals surface area contributed by atoms with Crippen molar-refractivity contribution in [3.8, 4) is 5.75 Å². The minimum absolute atomic E-state index is 0.279. The van der Waals surface area contributed by atoms with Gasteiger partial charge in [-0.1, -0.05) is 0 Å². The molecule has 0 aliphatic rings. The molecule has 14 heavy (non-hydrogen) atoms. The summed E-state index contributed by atoms with van der Waals surface area (Å²) in [5.41, 5.74) is -2.64. The van der Waals surface area contributed by atoms with E-state index in [1.807, 2.05) is 0 Å². The van der Waals surface area contributed by atoms with Gasteiger partial charge in [0.05, 0.1) is 5.56 Å². The van der Waals surface area contributed by atoms with Gasteiger partial charge in [-0.05, 0) is 18.2 Å². The molecule has 0 bridgehead atoms. The fourth-order valence-electron chi connectivity index (χ4n) is 0.980. The van der Waals surface area contributed by atoms with Gasteiger partial charge in [0.1, 0.15) is 5.75 Å². The predicted octanol–water partition coefficient (Wildman–Crippen LogP) is 3.35. The van der Waals surface area contributed by atoms with E-state index in [0.29, 0.717) is 6.07 Å². The monoisotopic (exact) mass is 212 g/mol. The summed E-state index contributed by atoms with van der Waals surface area (Å²) in [5.74, 6) is -0.693. The number of halogens is 5. The molecule has 0 saturated heterocycles. The van der Waals surface area contributed by atoms with Gasteiger partial charge in [0.2, 0.25) is 0 Å². The average Bonchev–Trinajstić information content (AvgIpc) is 2.01. The van der Waals surface area contributed by atoms with Gasteiger partial charge in [-0.25, -0.2) is 8.78 Å². The lowest BCUT2D eigenvalue weighted by molar-refractivity contribution is -0.139. The second-order valence-corrected chi connectivity index (χ2v) is 2.57. The van der Waals surface area contributed by atoms with E-state index >= 15 is 0 Å². The van der Waals surface area contributed by atoms with Gasteiger partial charge in [0.25, 0.3) is 6.43 Å². The van der Waals surface area contributed by atoms with Gasteiger partial charge in [-0.15, -0.1) is 0 Å². The van der Waals surface area contributed by atoms with E-state index in [-0.39, 0.29) is 6.07 Å². The maximum Gasteiger partial charge on any atom is 0.417 e. The zero-order chi connectivity index (χ0) is 10.9. The van der Waals surface area contributed by atoms with Gasteiger partial charge >= 0.3 is 6.18 Å². The highest BCUT2D eigenvalue weighted by molar-refractivity contribution is 5.37. The highest BCUT2D eigenvalue weighted by Gasteiger charge is 2.35. The molecule has 1 N–H and O–H groups in total. The molecule has 0 amide bonds. The topological polar surface area (TPSA) is 20.2 Å². The Bertz CT molecular complexity index is 331. The van der Waals surface area contributed by atoms with Crippen LogP contribution in [0.3, 0.4) is 0 Å². The first-order valence-electron chi connectivity index (χ1n) is 3.50. The summed E-state index contributed by atoms with van der Waals surface area (Å²) in [6.45, 7) is 0. The molecule has 0 atom stereocenters. The molecule has 0 unspecified atom stereocenters. The van der Waals surface area contributed by atoms with Crippen molar-refractivity contribution in [3.63, 3.8) is 0 Å². The van der Waals surface area contributed by atoms with Crippen LogP contribution in [0, 0.1) is 0 Å². The molecule has 0 aliphatic carbocycles. The molecule has 0 aromatic heterocycles. The molecule has 1 aromatic rings. The Kier molecular flexibility index (Phi) is 2.64. The quantitative estimate of drug-likeness (QED) is 0.707. The summed E-state index contributed by atoms with van der Waals surface area (Å²) < 4.78 is 60.6. The fraction of sp³-hybridized carbons (Fsp3) is 0.250. The molecular formula is C8H5F5O. The zero-order valence-electron chi connectivity index (χ0n) is 6.65. The van der Waals surface area contributed by atoms with Gasteiger partial charge < -0.3 is 5.11 Å². The van der Waals surface area contributed by atoms with Crippen LogP contribution in [0.15, 0.2) is 18.2 Å². The van der Waals surface area contributed by atoms with E-state index in [2.05, 4.69) is 0 Å². The molecule has 78 valence electrons. The smallest absolute Gasteiger partial charge is 0.417 e. The number of phenols is 1. The van der Waals surface area contributed by atoms with Crippen molar-refractivity contribution in [3.05, 3.63) is 29.3 Å². The minimum Gasteiger partial charge on any atom is -0.508 e. The van der Waals surface area contributed by atoms with Crippen molar-refractivity contribution >= 4 is 0 Å². The molecule has 1 nitrogen and oxygen atoms in total. The third kappa shape index (κ3) is 2.12. The van der Waals surface area contributed by atoms with Crippen LogP contribution in [0.2, 0.25) is 0 Å². The lowest BCUT2D eigenvalue weighted by Crippen LogP contribution is -2.09. The van der Waals surface area contributed by atoms with Crippen molar-refractivity contribution < 1.29 is 27.1 Å². The van der Waals surface area contributed by atoms with Crippen molar-refractivity contribution in [1.29, 1.82) is 0 Å². The molecule has 0 aliphatic heterocycles. The van der Waals surface area contributed by atoms with Crippen LogP contribution in [0.25, 0.3) is 0 Å². The van der Waals surface area contributed by atoms with Gasteiger partial charge in [-0.2, -0.15) is 13.2 Å². The molecule has 1 rings (SSSR count). The number of hydrogen-bond acceptors (Lipinski definition) is 1. The second-order valence-electron chi connectivity index (χ2n) is 2.57. The van der Waals surface area contributed by atoms with Crippen LogP contribution < -0.4 is 0 Å². The first-order chi connectivity index (χ1) is 6.32. The summed E-state index contributed by atoms with van der Waals surface area (Å²) in [5, 5.41) is 8.74. The van der Waals surface area contributed by atoms with E-state index in [1.54, 1.807) is 0 Å². The summed E-state index contributed by atoms with van der Waals surface area (Å²) in [7, 11) is 0. The average molecular weight is 212 g/mol. The Morgan fingerprint density at radius 3 is 2.14 bits per heavy atom. The van der Waals surface area contributed by atoms with Gasteiger partial charge in [0, 0.05) is 5.56 Å².